The van der Waals surface area contributed by atoms with E-state index in [2.05, 4.69) is 11.8 Å². The van der Waals surface area contributed by atoms with E-state index in [1.807, 2.05) is 12.1 Å². The first-order valence-electron chi connectivity index (χ1n) is 7.00. The summed E-state index contributed by atoms with van der Waals surface area (Å²) in [6, 6.07) is 5.67. The second-order valence-electron chi connectivity index (χ2n) is 5.27. The molecule has 0 saturated carbocycles. The van der Waals surface area contributed by atoms with Crippen molar-refractivity contribution < 1.29 is 0 Å². The Bertz CT molecular complexity index is 459. The van der Waals surface area contributed by atoms with Crippen LogP contribution >= 0.6 is 11.6 Å². The molecule has 19 heavy (non-hydrogen) atoms. The van der Waals surface area contributed by atoms with Crippen molar-refractivity contribution in [2.24, 2.45) is 11.7 Å². The van der Waals surface area contributed by atoms with Crippen molar-refractivity contribution >= 4 is 23.1 Å². The van der Waals surface area contributed by atoms with E-state index in [9.17, 15) is 0 Å². The molecule has 2 rings (SSSR count). The van der Waals surface area contributed by atoms with Crippen molar-refractivity contribution in [1.82, 2.24) is 0 Å². The minimum absolute atomic E-state index is 0.0652. The quantitative estimate of drug-likeness (QED) is 0.656. The van der Waals surface area contributed by atoms with Gasteiger partial charge in [0.05, 0.1) is 10.7 Å². The van der Waals surface area contributed by atoms with Gasteiger partial charge in [0.15, 0.2) is 0 Å². The number of anilines is 1. The molecular formula is C15H22ClN3. The molecule has 1 aromatic carbocycles. The molecule has 1 unspecified atom stereocenters. The lowest BCUT2D eigenvalue weighted by atomic mass is 9.98. The second-order valence-corrected chi connectivity index (χ2v) is 5.68. The monoisotopic (exact) mass is 279 g/mol. The van der Waals surface area contributed by atoms with Gasteiger partial charge in [0, 0.05) is 18.7 Å². The summed E-state index contributed by atoms with van der Waals surface area (Å²) in [6.07, 6.45) is 5.05. The second kappa shape index (κ2) is 6.29. The highest BCUT2D eigenvalue weighted by Gasteiger charge is 2.18. The fourth-order valence-electron chi connectivity index (χ4n) is 2.75. The first kappa shape index (κ1) is 14.2. The molecule has 0 radical (unpaired) electrons. The molecule has 0 bridgehead atoms. The lowest BCUT2D eigenvalue weighted by Gasteiger charge is -2.24. The maximum Gasteiger partial charge on any atom is 0.122 e. The Hall–Kier alpha value is -1.22. The number of benzene rings is 1. The van der Waals surface area contributed by atoms with Gasteiger partial charge in [-0.1, -0.05) is 24.9 Å². The molecule has 3 nitrogen and oxygen atoms in total. The lowest BCUT2D eigenvalue weighted by Crippen LogP contribution is -2.24. The Labute approximate surface area is 120 Å². The molecule has 1 aliphatic rings. The molecular weight excluding hydrogens is 258 g/mol. The molecule has 3 N–H and O–H groups in total. The van der Waals surface area contributed by atoms with Gasteiger partial charge in [-0.05, 0) is 43.4 Å². The minimum atomic E-state index is 0.0652. The topological polar surface area (TPSA) is 53.1 Å². The van der Waals surface area contributed by atoms with Gasteiger partial charge in [-0.25, -0.2) is 0 Å². The predicted octanol–water partition coefficient (Wildman–Crippen LogP) is 3.64. The highest BCUT2D eigenvalue weighted by atomic mass is 35.5. The van der Waals surface area contributed by atoms with Crippen LogP contribution < -0.4 is 10.6 Å². The molecule has 1 heterocycles. The van der Waals surface area contributed by atoms with Gasteiger partial charge >= 0.3 is 0 Å². The maximum absolute atomic E-state index is 7.44. The van der Waals surface area contributed by atoms with E-state index in [4.69, 9.17) is 22.7 Å². The van der Waals surface area contributed by atoms with Crippen LogP contribution in [0, 0.1) is 11.3 Å². The van der Waals surface area contributed by atoms with E-state index in [1.54, 1.807) is 6.07 Å². The Morgan fingerprint density at radius 1 is 1.42 bits per heavy atom. The lowest BCUT2D eigenvalue weighted by molar-refractivity contribution is 0.459. The van der Waals surface area contributed by atoms with E-state index >= 15 is 0 Å². The summed E-state index contributed by atoms with van der Waals surface area (Å²) in [5, 5.41) is 8.14. The average molecular weight is 280 g/mol. The third-order valence-corrected chi connectivity index (χ3v) is 4.33. The predicted molar refractivity (Wildman–Crippen MR) is 82.3 cm³/mol. The van der Waals surface area contributed by atoms with E-state index in [-0.39, 0.29) is 5.84 Å². The summed E-state index contributed by atoms with van der Waals surface area (Å²) in [5.74, 6) is 0.913. The first-order valence-corrected chi connectivity index (χ1v) is 7.38. The van der Waals surface area contributed by atoms with Crippen molar-refractivity contribution in [3.8, 4) is 0 Å². The van der Waals surface area contributed by atoms with Gasteiger partial charge in [-0.3, -0.25) is 5.41 Å². The van der Waals surface area contributed by atoms with Crippen LogP contribution in [0.4, 0.5) is 5.69 Å². The Morgan fingerprint density at radius 3 is 2.84 bits per heavy atom. The largest absolute Gasteiger partial charge is 0.384 e. The molecule has 0 aromatic heterocycles. The zero-order chi connectivity index (χ0) is 13.8. The van der Waals surface area contributed by atoms with Crippen molar-refractivity contribution in [3.05, 3.63) is 28.8 Å². The number of hydrogen-bond donors (Lipinski definition) is 2. The fourth-order valence-corrected chi connectivity index (χ4v) is 3.05. The Balaban J connectivity index is 2.15. The van der Waals surface area contributed by atoms with Crippen LogP contribution in [0.1, 0.15) is 38.2 Å². The first-order chi connectivity index (χ1) is 9.11. The van der Waals surface area contributed by atoms with Gasteiger partial charge in [0.25, 0.3) is 0 Å². The number of nitrogen functional groups attached to an aromatic ring is 1. The van der Waals surface area contributed by atoms with Crippen molar-refractivity contribution in [2.45, 2.75) is 32.6 Å². The number of amidine groups is 1. The van der Waals surface area contributed by atoms with Gasteiger partial charge < -0.3 is 10.6 Å². The van der Waals surface area contributed by atoms with Crippen LogP contribution in [0.15, 0.2) is 18.2 Å². The smallest absolute Gasteiger partial charge is 0.122 e. The number of hydrogen-bond acceptors (Lipinski definition) is 2. The van der Waals surface area contributed by atoms with E-state index in [0.29, 0.717) is 10.6 Å². The SMILES string of the molecule is CCC1CCCN(c2ccc(C(=N)N)cc2Cl)CC1. The normalized spacial score (nSPS) is 20.1. The fraction of sp³-hybridized carbons (Fsp3) is 0.533. The summed E-state index contributed by atoms with van der Waals surface area (Å²) < 4.78 is 0. The van der Waals surface area contributed by atoms with Crippen molar-refractivity contribution in [2.75, 3.05) is 18.0 Å². The third-order valence-electron chi connectivity index (χ3n) is 4.02. The summed E-state index contributed by atoms with van der Waals surface area (Å²) in [5.41, 5.74) is 7.25. The van der Waals surface area contributed by atoms with Gasteiger partial charge in [0.1, 0.15) is 5.84 Å². The number of nitrogens with zero attached hydrogens (tertiary/aromatic N) is 1. The van der Waals surface area contributed by atoms with Gasteiger partial charge in [0.2, 0.25) is 0 Å². The molecule has 1 aliphatic heterocycles. The average Bonchev–Trinajstić information content (AvgIpc) is 2.63. The zero-order valence-corrected chi connectivity index (χ0v) is 12.2. The molecule has 104 valence electrons. The number of halogens is 1. The molecule has 0 spiro atoms. The molecule has 1 saturated heterocycles. The Morgan fingerprint density at radius 2 is 2.21 bits per heavy atom. The zero-order valence-electron chi connectivity index (χ0n) is 11.5. The molecule has 0 amide bonds. The maximum atomic E-state index is 7.44. The van der Waals surface area contributed by atoms with Crippen LogP contribution in [-0.4, -0.2) is 18.9 Å². The van der Waals surface area contributed by atoms with E-state index in [0.717, 1.165) is 24.7 Å². The summed E-state index contributed by atoms with van der Waals surface area (Å²) in [4.78, 5) is 2.36. The van der Waals surface area contributed by atoms with Crippen molar-refractivity contribution in [1.29, 1.82) is 5.41 Å². The van der Waals surface area contributed by atoms with Crippen molar-refractivity contribution in [3.63, 3.8) is 0 Å². The van der Waals surface area contributed by atoms with Crippen LogP contribution in [0.2, 0.25) is 5.02 Å². The molecule has 1 aromatic rings. The third kappa shape index (κ3) is 3.41. The highest BCUT2D eigenvalue weighted by Crippen LogP contribution is 2.30. The van der Waals surface area contributed by atoms with Crippen LogP contribution in [-0.2, 0) is 0 Å². The molecule has 4 heteroatoms. The van der Waals surface area contributed by atoms with Crippen LogP contribution in [0.5, 0.6) is 0 Å². The summed E-state index contributed by atoms with van der Waals surface area (Å²) >= 11 is 6.34. The van der Waals surface area contributed by atoms with E-state index in [1.165, 1.54) is 25.7 Å². The number of nitrogens with one attached hydrogen (secondary N) is 1. The summed E-state index contributed by atoms with van der Waals surface area (Å²) in [6.45, 7) is 4.41. The number of rotatable bonds is 3. The van der Waals surface area contributed by atoms with Gasteiger partial charge in [-0.15, -0.1) is 0 Å². The standard InChI is InChI=1S/C15H22ClN3/c1-2-11-4-3-8-19(9-7-11)14-6-5-12(15(17)18)10-13(14)16/h5-6,10-11H,2-4,7-9H2,1H3,(H3,17,18). The van der Waals surface area contributed by atoms with Crippen LogP contribution in [0.3, 0.4) is 0 Å². The number of nitrogens with two attached hydrogens (primary N) is 1. The molecule has 0 aliphatic carbocycles. The Kier molecular flexibility index (Phi) is 4.70. The molecule has 1 fully saturated rings. The van der Waals surface area contributed by atoms with E-state index < -0.39 is 0 Å². The highest BCUT2D eigenvalue weighted by molar-refractivity contribution is 6.33. The molecule has 1 atom stereocenters. The summed E-state index contributed by atoms with van der Waals surface area (Å²) in [7, 11) is 0. The minimum Gasteiger partial charge on any atom is -0.384 e. The van der Waals surface area contributed by atoms with Gasteiger partial charge in [-0.2, -0.15) is 0 Å². The van der Waals surface area contributed by atoms with Crippen LogP contribution in [0.25, 0.3) is 0 Å².